The van der Waals surface area contributed by atoms with Crippen LogP contribution in [-0.2, 0) is 0 Å². The zero-order valence-electron chi connectivity index (χ0n) is 10.2. The van der Waals surface area contributed by atoms with Crippen molar-refractivity contribution in [1.82, 2.24) is 9.88 Å². The van der Waals surface area contributed by atoms with Crippen molar-refractivity contribution in [2.75, 3.05) is 26.0 Å². The molecule has 2 rings (SSSR count). The van der Waals surface area contributed by atoms with Crippen molar-refractivity contribution in [3.63, 3.8) is 0 Å². The second-order valence-electron chi connectivity index (χ2n) is 4.41. The molecule has 17 heavy (non-hydrogen) atoms. The van der Waals surface area contributed by atoms with E-state index in [9.17, 15) is 0 Å². The predicted octanol–water partition coefficient (Wildman–Crippen LogP) is 3.31. The van der Waals surface area contributed by atoms with Crippen LogP contribution in [0.1, 0.15) is 6.92 Å². The minimum atomic E-state index is 0.365. The lowest BCUT2D eigenvalue weighted by Gasteiger charge is -2.17. The molecule has 0 saturated carbocycles. The highest BCUT2D eigenvalue weighted by molar-refractivity contribution is 7.22. The molecule has 0 aliphatic carbocycles. The van der Waals surface area contributed by atoms with Gasteiger partial charge in [0.25, 0.3) is 0 Å². The van der Waals surface area contributed by atoms with E-state index in [1.54, 1.807) is 11.3 Å². The fourth-order valence-corrected chi connectivity index (χ4v) is 3.05. The van der Waals surface area contributed by atoms with E-state index in [2.05, 4.69) is 36.2 Å². The highest BCUT2D eigenvalue weighted by Gasteiger charge is 2.09. The number of likely N-dealkylation sites (N-methyl/N-ethyl adjacent to an activating group) is 1. The summed E-state index contributed by atoms with van der Waals surface area (Å²) >= 11 is 7.73. The number of benzene rings is 1. The monoisotopic (exact) mass is 269 g/mol. The van der Waals surface area contributed by atoms with Crippen LogP contribution in [0.3, 0.4) is 0 Å². The van der Waals surface area contributed by atoms with Gasteiger partial charge in [-0.2, -0.15) is 0 Å². The number of rotatable bonds is 4. The van der Waals surface area contributed by atoms with E-state index in [1.165, 1.54) is 0 Å². The van der Waals surface area contributed by atoms with Gasteiger partial charge in [-0.25, -0.2) is 4.98 Å². The standard InChI is InChI=1S/C12H16ClN3S/c1-8(7-16(2)3)14-12-15-10-6-4-5-9(13)11(10)17-12/h4-6,8H,7H2,1-3H3,(H,14,15). The lowest BCUT2D eigenvalue weighted by atomic mass is 10.3. The molecular formula is C12H16ClN3S. The highest BCUT2D eigenvalue weighted by Crippen LogP contribution is 2.31. The Labute approximate surface area is 110 Å². The first-order valence-electron chi connectivity index (χ1n) is 5.52. The van der Waals surface area contributed by atoms with Gasteiger partial charge in [0, 0.05) is 12.6 Å². The smallest absolute Gasteiger partial charge is 0.184 e. The Hall–Kier alpha value is -0.840. The Balaban J connectivity index is 2.17. The normalized spacial score (nSPS) is 13.2. The first kappa shape index (κ1) is 12.6. The fourth-order valence-electron chi connectivity index (χ4n) is 1.78. The summed E-state index contributed by atoms with van der Waals surface area (Å²) in [7, 11) is 4.13. The van der Waals surface area contributed by atoms with E-state index >= 15 is 0 Å². The van der Waals surface area contributed by atoms with E-state index in [1.807, 2.05) is 18.2 Å². The zero-order valence-corrected chi connectivity index (χ0v) is 11.8. The van der Waals surface area contributed by atoms with Crippen LogP contribution in [0, 0.1) is 0 Å². The van der Waals surface area contributed by atoms with Crippen molar-refractivity contribution in [1.29, 1.82) is 0 Å². The van der Waals surface area contributed by atoms with Gasteiger partial charge >= 0.3 is 0 Å². The maximum Gasteiger partial charge on any atom is 0.184 e. The van der Waals surface area contributed by atoms with Crippen LogP contribution < -0.4 is 5.32 Å². The average molecular weight is 270 g/mol. The summed E-state index contributed by atoms with van der Waals surface area (Å²) in [5.41, 5.74) is 0.960. The van der Waals surface area contributed by atoms with Crippen molar-refractivity contribution in [3.8, 4) is 0 Å². The second-order valence-corrected chi connectivity index (χ2v) is 5.82. The third-order valence-electron chi connectivity index (χ3n) is 2.38. The minimum absolute atomic E-state index is 0.365. The topological polar surface area (TPSA) is 28.2 Å². The molecule has 1 unspecified atom stereocenters. The van der Waals surface area contributed by atoms with Crippen LogP contribution >= 0.6 is 22.9 Å². The first-order valence-corrected chi connectivity index (χ1v) is 6.72. The number of thiazole rings is 1. The molecule has 0 bridgehead atoms. The number of anilines is 1. The Morgan fingerprint density at radius 2 is 2.24 bits per heavy atom. The molecule has 1 atom stereocenters. The summed E-state index contributed by atoms with van der Waals surface area (Å²) in [6.07, 6.45) is 0. The van der Waals surface area contributed by atoms with Crippen LogP contribution in [0.15, 0.2) is 18.2 Å². The zero-order chi connectivity index (χ0) is 12.4. The van der Waals surface area contributed by atoms with Gasteiger partial charge in [-0.1, -0.05) is 29.0 Å². The largest absolute Gasteiger partial charge is 0.358 e. The van der Waals surface area contributed by atoms with Crippen molar-refractivity contribution in [3.05, 3.63) is 23.2 Å². The molecule has 0 aliphatic rings. The third-order valence-corrected chi connectivity index (χ3v) is 3.84. The van der Waals surface area contributed by atoms with E-state index in [0.29, 0.717) is 6.04 Å². The molecule has 0 fully saturated rings. The minimum Gasteiger partial charge on any atom is -0.358 e. The van der Waals surface area contributed by atoms with E-state index < -0.39 is 0 Å². The van der Waals surface area contributed by atoms with E-state index in [4.69, 9.17) is 11.6 Å². The Morgan fingerprint density at radius 1 is 1.47 bits per heavy atom. The molecule has 0 aliphatic heterocycles. The van der Waals surface area contributed by atoms with Crippen molar-refractivity contribution < 1.29 is 0 Å². The number of nitrogens with one attached hydrogen (secondary N) is 1. The van der Waals surface area contributed by atoms with Crippen LogP contribution in [0.25, 0.3) is 10.2 Å². The SMILES string of the molecule is CC(CN(C)C)Nc1nc2cccc(Cl)c2s1. The summed E-state index contributed by atoms with van der Waals surface area (Å²) in [5.74, 6) is 0. The molecule has 1 aromatic carbocycles. The Bertz CT molecular complexity index is 509. The fraction of sp³-hybridized carbons (Fsp3) is 0.417. The summed E-state index contributed by atoms with van der Waals surface area (Å²) in [4.78, 5) is 6.68. The van der Waals surface area contributed by atoms with Crippen molar-refractivity contribution in [2.24, 2.45) is 0 Å². The average Bonchev–Trinajstić information content (AvgIpc) is 2.60. The van der Waals surface area contributed by atoms with Gasteiger partial charge in [-0.15, -0.1) is 0 Å². The summed E-state index contributed by atoms with van der Waals surface area (Å²) in [5, 5.41) is 5.10. The van der Waals surface area contributed by atoms with Gasteiger partial charge in [0.15, 0.2) is 5.13 Å². The predicted molar refractivity (Wildman–Crippen MR) is 76.3 cm³/mol. The number of hydrogen-bond donors (Lipinski definition) is 1. The molecule has 0 amide bonds. The van der Waals surface area contributed by atoms with Gasteiger partial charge < -0.3 is 10.2 Å². The van der Waals surface area contributed by atoms with Gasteiger partial charge in [0.2, 0.25) is 0 Å². The van der Waals surface area contributed by atoms with Gasteiger partial charge in [-0.05, 0) is 33.2 Å². The molecule has 0 saturated heterocycles. The van der Waals surface area contributed by atoms with Gasteiger partial charge in [0.1, 0.15) is 0 Å². The summed E-state index contributed by atoms with van der Waals surface area (Å²) < 4.78 is 1.05. The maximum atomic E-state index is 6.13. The lowest BCUT2D eigenvalue weighted by molar-refractivity contribution is 0.392. The van der Waals surface area contributed by atoms with Crippen LogP contribution in [0.2, 0.25) is 5.02 Å². The van der Waals surface area contributed by atoms with Crippen molar-refractivity contribution in [2.45, 2.75) is 13.0 Å². The molecule has 1 N–H and O–H groups in total. The summed E-state index contributed by atoms with van der Waals surface area (Å²) in [6, 6.07) is 6.18. The molecular weight excluding hydrogens is 254 g/mol. The quantitative estimate of drug-likeness (QED) is 0.923. The van der Waals surface area contributed by atoms with E-state index in [-0.39, 0.29) is 0 Å². The third kappa shape index (κ3) is 3.09. The van der Waals surface area contributed by atoms with E-state index in [0.717, 1.165) is 26.9 Å². The van der Waals surface area contributed by atoms with Crippen molar-refractivity contribution >= 4 is 38.3 Å². The number of aromatic nitrogens is 1. The molecule has 0 spiro atoms. The first-order chi connectivity index (χ1) is 8.06. The lowest BCUT2D eigenvalue weighted by Crippen LogP contribution is -2.29. The molecule has 92 valence electrons. The highest BCUT2D eigenvalue weighted by atomic mass is 35.5. The van der Waals surface area contributed by atoms with Crippen LogP contribution in [0.5, 0.6) is 0 Å². The number of nitrogens with zero attached hydrogens (tertiary/aromatic N) is 2. The molecule has 1 heterocycles. The number of halogens is 1. The molecule has 2 aromatic rings. The molecule has 3 nitrogen and oxygen atoms in total. The molecule has 1 aromatic heterocycles. The second kappa shape index (κ2) is 5.21. The Morgan fingerprint density at radius 3 is 2.88 bits per heavy atom. The number of hydrogen-bond acceptors (Lipinski definition) is 4. The van der Waals surface area contributed by atoms with Crippen LogP contribution in [0.4, 0.5) is 5.13 Å². The van der Waals surface area contributed by atoms with Gasteiger partial charge in [-0.3, -0.25) is 0 Å². The molecule has 0 radical (unpaired) electrons. The van der Waals surface area contributed by atoms with Crippen LogP contribution in [-0.4, -0.2) is 36.6 Å². The van der Waals surface area contributed by atoms with Gasteiger partial charge in [0.05, 0.1) is 15.2 Å². The summed E-state index contributed by atoms with van der Waals surface area (Å²) in [6.45, 7) is 3.12. The Kier molecular flexibility index (Phi) is 3.86. The molecule has 5 heteroatoms. The number of fused-ring (bicyclic) bond motifs is 1. The maximum absolute atomic E-state index is 6.13.